The van der Waals surface area contributed by atoms with Crippen LogP contribution in [0.3, 0.4) is 0 Å². The maximum absolute atomic E-state index is 6.06. The molecule has 5 nitrogen and oxygen atoms in total. The van der Waals surface area contributed by atoms with Crippen LogP contribution in [0.5, 0.6) is 0 Å². The molecule has 0 atom stereocenters. The van der Waals surface area contributed by atoms with E-state index in [0.717, 1.165) is 43.2 Å². The molecule has 7 heteroatoms. The zero-order chi connectivity index (χ0) is 17.6. The summed E-state index contributed by atoms with van der Waals surface area (Å²) in [6.07, 6.45) is 2.19. The predicted octanol–water partition coefficient (Wildman–Crippen LogP) is 3.45. The zero-order valence-electron chi connectivity index (χ0n) is 15.4. The Morgan fingerprint density at radius 3 is 2.58 bits per heavy atom. The van der Waals surface area contributed by atoms with Gasteiger partial charge in [0, 0.05) is 30.6 Å². The molecule has 0 spiro atoms. The highest BCUT2D eigenvalue weighted by molar-refractivity contribution is 14.0. The fourth-order valence-corrected chi connectivity index (χ4v) is 3.95. The Morgan fingerprint density at radius 2 is 1.96 bits per heavy atom. The fraction of sp³-hybridized carbons (Fsp3) is 0.474. The molecule has 1 aromatic heterocycles. The molecule has 0 aliphatic carbocycles. The lowest BCUT2D eigenvalue weighted by molar-refractivity contribution is 0.199. The molecule has 3 rings (SSSR count). The lowest BCUT2D eigenvalue weighted by Crippen LogP contribution is -2.46. The van der Waals surface area contributed by atoms with Gasteiger partial charge in [-0.15, -0.1) is 35.3 Å². The number of thiazole rings is 1. The number of guanidine groups is 1. The van der Waals surface area contributed by atoms with Gasteiger partial charge in [-0.3, -0.25) is 4.90 Å². The number of hydrogen-bond donors (Lipinski definition) is 2. The van der Waals surface area contributed by atoms with E-state index < -0.39 is 0 Å². The fourth-order valence-electron chi connectivity index (χ4n) is 3.09. The summed E-state index contributed by atoms with van der Waals surface area (Å²) in [7, 11) is 0. The third kappa shape index (κ3) is 6.21. The number of rotatable bonds is 5. The molecule has 2 aromatic rings. The van der Waals surface area contributed by atoms with Crippen molar-refractivity contribution in [1.29, 1.82) is 0 Å². The van der Waals surface area contributed by atoms with Crippen molar-refractivity contribution >= 4 is 41.3 Å². The molecule has 0 radical (unpaired) electrons. The van der Waals surface area contributed by atoms with E-state index in [1.807, 2.05) is 6.92 Å². The number of piperidine rings is 1. The molecule has 26 heavy (non-hydrogen) atoms. The number of hydrogen-bond acceptors (Lipinski definition) is 4. The Bertz CT molecular complexity index is 688. The van der Waals surface area contributed by atoms with Gasteiger partial charge < -0.3 is 11.1 Å². The van der Waals surface area contributed by atoms with E-state index in [0.29, 0.717) is 18.5 Å². The zero-order valence-corrected chi connectivity index (χ0v) is 18.6. The van der Waals surface area contributed by atoms with Gasteiger partial charge in [0.15, 0.2) is 5.96 Å². The van der Waals surface area contributed by atoms with Crippen LogP contribution in [0.25, 0.3) is 0 Å². The molecule has 1 saturated heterocycles. The van der Waals surface area contributed by atoms with Gasteiger partial charge in [0.25, 0.3) is 0 Å². The summed E-state index contributed by atoms with van der Waals surface area (Å²) in [6, 6.07) is 11.1. The third-order valence-electron chi connectivity index (χ3n) is 4.65. The van der Waals surface area contributed by atoms with E-state index in [1.165, 1.54) is 10.4 Å². The molecule has 142 valence electrons. The summed E-state index contributed by atoms with van der Waals surface area (Å²) in [5.41, 5.74) is 8.53. The lowest BCUT2D eigenvalue weighted by Gasteiger charge is -2.32. The van der Waals surface area contributed by atoms with Gasteiger partial charge in [-0.2, -0.15) is 0 Å². The van der Waals surface area contributed by atoms with Crippen molar-refractivity contribution in [2.24, 2.45) is 10.7 Å². The number of nitrogens with one attached hydrogen (secondary N) is 1. The maximum Gasteiger partial charge on any atom is 0.189 e. The van der Waals surface area contributed by atoms with Crippen LogP contribution >= 0.6 is 35.3 Å². The van der Waals surface area contributed by atoms with E-state index in [1.54, 1.807) is 11.3 Å². The number of aryl methyl sites for hydroxylation is 2. The Labute approximate surface area is 177 Å². The van der Waals surface area contributed by atoms with E-state index in [2.05, 4.69) is 57.4 Å². The first-order valence-corrected chi connectivity index (χ1v) is 9.67. The normalized spacial score (nSPS) is 16.3. The number of halogens is 1. The van der Waals surface area contributed by atoms with Gasteiger partial charge in [-0.25, -0.2) is 9.98 Å². The minimum Gasteiger partial charge on any atom is -0.370 e. The standard InChI is InChI=1S/C19H27N5S.HI/c1-14-15(2)25-18(22-14)12-21-19(20)23-17-8-10-24(11-9-17)13-16-6-4-3-5-7-16;/h3-7,17H,8-13H2,1-2H3,(H3,20,21,23);1H. The van der Waals surface area contributed by atoms with E-state index in [9.17, 15) is 0 Å². The van der Waals surface area contributed by atoms with Crippen molar-refractivity contribution < 1.29 is 0 Å². The quantitative estimate of drug-likeness (QED) is 0.387. The first-order chi connectivity index (χ1) is 12.1. The first-order valence-electron chi connectivity index (χ1n) is 8.86. The molecule has 2 heterocycles. The second-order valence-electron chi connectivity index (χ2n) is 6.63. The van der Waals surface area contributed by atoms with Gasteiger partial charge in [-0.05, 0) is 32.3 Å². The van der Waals surface area contributed by atoms with Crippen LogP contribution in [0.2, 0.25) is 0 Å². The van der Waals surface area contributed by atoms with Crippen molar-refractivity contribution in [3.8, 4) is 0 Å². The van der Waals surface area contributed by atoms with Crippen LogP contribution in [-0.4, -0.2) is 35.0 Å². The lowest BCUT2D eigenvalue weighted by atomic mass is 10.0. The van der Waals surface area contributed by atoms with E-state index >= 15 is 0 Å². The highest BCUT2D eigenvalue weighted by Gasteiger charge is 2.19. The van der Waals surface area contributed by atoms with Crippen LogP contribution in [-0.2, 0) is 13.1 Å². The second-order valence-corrected chi connectivity index (χ2v) is 7.92. The summed E-state index contributed by atoms with van der Waals surface area (Å²) in [5.74, 6) is 0.534. The highest BCUT2D eigenvalue weighted by Crippen LogP contribution is 2.17. The van der Waals surface area contributed by atoms with Crippen LogP contribution in [0, 0.1) is 13.8 Å². The summed E-state index contributed by atoms with van der Waals surface area (Å²) in [6.45, 7) is 7.88. The molecule has 0 bridgehead atoms. The number of aromatic nitrogens is 1. The summed E-state index contributed by atoms with van der Waals surface area (Å²) in [5, 5.41) is 4.40. The van der Waals surface area contributed by atoms with Crippen molar-refractivity contribution in [2.45, 2.75) is 45.8 Å². The summed E-state index contributed by atoms with van der Waals surface area (Å²) in [4.78, 5) is 12.7. The minimum absolute atomic E-state index is 0. The Hall–Kier alpha value is -1.19. The van der Waals surface area contributed by atoms with Crippen LogP contribution in [0.1, 0.15) is 34.0 Å². The molecule has 3 N–H and O–H groups in total. The second kappa shape index (κ2) is 10.2. The Kier molecular flexibility index (Phi) is 8.30. The Morgan fingerprint density at radius 1 is 1.27 bits per heavy atom. The van der Waals surface area contributed by atoms with Gasteiger partial charge in [0.1, 0.15) is 5.01 Å². The van der Waals surface area contributed by atoms with Crippen LogP contribution in [0.4, 0.5) is 0 Å². The molecule has 1 fully saturated rings. The monoisotopic (exact) mass is 485 g/mol. The molecule has 1 aromatic carbocycles. The number of nitrogens with zero attached hydrogens (tertiary/aromatic N) is 3. The van der Waals surface area contributed by atoms with Gasteiger partial charge in [-0.1, -0.05) is 30.3 Å². The highest BCUT2D eigenvalue weighted by atomic mass is 127. The van der Waals surface area contributed by atoms with Crippen molar-refractivity contribution in [1.82, 2.24) is 15.2 Å². The Balaban J connectivity index is 0.00000243. The molecule has 1 aliphatic rings. The molecule has 0 saturated carbocycles. The van der Waals surface area contributed by atoms with Gasteiger partial charge in [0.2, 0.25) is 0 Å². The minimum atomic E-state index is 0. The van der Waals surface area contributed by atoms with Crippen molar-refractivity contribution in [2.75, 3.05) is 13.1 Å². The molecular formula is C19H28IN5S. The van der Waals surface area contributed by atoms with E-state index in [-0.39, 0.29) is 24.0 Å². The van der Waals surface area contributed by atoms with Gasteiger partial charge >= 0.3 is 0 Å². The molecular weight excluding hydrogens is 457 g/mol. The van der Waals surface area contributed by atoms with Crippen LogP contribution in [0.15, 0.2) is 35.3 Å². The number of benzene rings is 1. The summed E-state index contributed by atoms with van der Waals surface area (Å²) >= 11 is 1.70. The molecule has 1 aliphatic heterocycles. The van der Waals surface area contributed by atoms with Crippen LogP contribution < -0.4 is 11.1 Å². The third-order valence-corrected chi connectivity index (χ3v) is 5.70. The maximum atomic E-state index is 6.06. The van der Waals surface area contributed by atoms with Crippen molar-refractivity contribution in [3.05, 3.63) is 51.5 Å². The number of nitrogens with two attached hydrogens (primary N) is 1. The average molecular weight is 485 g/mol. The number of aliphatic imine (C=N–C) groups is 1. The average Bonchev–Trinajstić information content (AvgIpc) is 2.94. The predicted molar refractivity (Wildman–Crippen MR) is 120 cm³/mol. The first kappa shape index (κ1) is 21.1. The van der Waals surface area contributed by atoms with E-state index in [4.69, 9.17) is 5.73 Å². The SMILES string of the molecule is Cc1nc(CN=C(N)NC2CCN(Cc3ccccc3)CC2)sc1C.I. The van der Waals surface area contributed by atoms with Gasteiger partial charge in [0.05, 0.1) is 12.2 Å². The molecule has 0 unspecified atom stereocenters. The molecule has 0 amide bonds. The topological polar surface area (TPSA) is 66.5 Å². The smallest absolute Gasteiger partial charge is 0.189 e. The largest absolute Gasteiger partial charge is 0.370 e. The number of likely N-dealkylation sites (tertiary alicyclic amines) is 1. The summed E-state index contributed by atoms with van der Waals surface area (Å²) < 4.78 is 0. The van der Waals surface area contributed by atoms with Crippen molar-refractivity contribution in [3.63, 3.8) is 0 Å².